The second-order valence-electron chi connectivity index (χ2n) is 11.7. The smallest absolute Gasteiger partial charge is 0.467 e. The van der Waals surface area contributed by atoms with E-state index in [1.807, 2.05) is 67.6 Å². The summed E-state index contributed by atoms with van der Waals surface area (Å²) in [7, 11) is 0.292. The van der Waals surface area contributed by atoms with Gasteiger partial charge in [0.05, 0.1) is 12.1 Å². The maximum absolute atomic E-state index is 12.9. The lowest BCUT2D eigenvalue weighted by Crippen LogP contribution is -2.53. The average molecular weight is 694 g/mol. The maximum atomic E-state index is 12.9. The van der Waals surface area contributed by atoms with Crippen molar-refractivity contribution in [3.63, 3.8) is 0 Å². The van der Waals surface area contributed by atoms with Crippen LogP contribution in [0.3, 0.4) is 0 Å². The molecule has 3 aromatic carbocycles. The van der Waals surface area contributed by atoms with Gasteiger partial charge in [-0.1, -0.05) is 73.1 Å². The molecule has 0 aliphatic carbocycles. The molecule has 0 heterocycles. The number of alkyl carbamates (subject to hydrolysis) is 1. The Balaban J connectivity index is 1.82. The van der Waals surface area contributed by atoms with E-state index in [4.69, 9.17) is 39.4 Å². The van der Waals surface area contributed by atoms with Gasteiger partial charge in [0.2, 0.25) is 0 Å². The number of hydrogen-bond acceptors (Lipinski definition) is 9. The second kappa shape index (κ2) is 17.6. The minimum absolute atomic E-state index is 0.113. The van der Waals surface area contributed by atoms with Gasteiger partial charge in [0.1, 0.15) is 11.4 Å². The SMILES string of the molecule is CCC[C@](CCc1ccc(Sc2ccc(OCOC)c(-c3ccccc3)c2)cc1Cl)(COP(=O)(OC)OC)NC(=O)OC(C)(C)C. The second-order valence-corrected chi connectivity index (χ2v) is 15.1. The fraction of sp³-hybridized carbons (Fsp3) is 0.441. The third-order valence-electron chi connectivity index (χ3n) is 6.94. The van der Waals surface area contributed by atoms with Crippen LogP contribution in [0, 0.1) is 0 Å². The molecule has 0 bridgehead atoms. The molecule has 3 rings (SSSR count). The van der Waals surface area contributed by atoms with Gasteiger partial charge in [0.15, 0.2) is 6.79 Å². The van der Waals surface area contributed by atoms with Gasteiger partial charge in [0.25, 0.3) is 0 Å². The Hall–Kier alpha value is -2.56. The zero-order valence-electron chi connectivity index (χ0n) is 27.6. The van der Waals surface area contributed by atoms with Crippen molar-refractivity contribution in [2.75, 3.05) is 34.7 Å². The minimum atomic E-state index is -3.80. The lowest BCUT2D eigenvalue weighted by molar-refractivity contribution is 0.0351. The van der Waals surface area contributed by atoms with Crippen molar-refractivity contribution in [1.29, 1.82) is 0 Å². The topological polar surface area (TPSA) is 102 Å². The highest BCUT2D eigenvalue weighted by molar-refractivity contribution is 7.99. The van der Waals surface area contributed by atoms with Crippen LogP contribution in [0.2, 0.25) is 5.02 Å². The van der Waals surface area contributed by atoms with Crippen LogP contribution in [-0.2, 0) is 34.0 Å². The summed E-state index contributed by atoms with van der Waals surface area (Å²) in [4.78, 5) is 14.9. The summed E-state index contributed by atoms with van der Waals surface area (Å²) < 4.78 is 44.8. The van der Waals surface area contributed by atoms with E-state index in [2.05, 4.69) is 11.4 Å². The number of amides is 1. The molecule has 252 valence electrons. The largest absolute Gasteiger partial charge is 0.474 e. The van der Waals surface area contributed by atoms with E-state index < -0.39 is 25.1 Å². The molecule has 0 aromatic heterocycles. The van der Waals surface area contributed by atoms with Crippen LogP contribution in [0.15, 0.2) is 76.5 Å². The summed E-state index contributed by atoms with van der Waals surface area (Å²) in [5, 5.41) is 3.59. The Morgan fingerprint density at radius 3 is 2.22 bits per heavy atom. The molecule has 1 N–H and O–H groups in total. The molecule has 0 aliphatic heterocycles. The third-order valence-corrected chi connectivity index (χ3v) is 9.61. The maximum Gasteiger partial charge on any atom is 0.474 e. The highest BCUT2D eigenvalue weighted by Gasteiger charge is 2.37. The van der Waals surface area contributed by atoms with Gasteiger partial charge in [-0.2, -0.15) is 0 Å². The van der Waals surface area contributed by atoms with Gasteiger partial charge in [0, 0.05) is 41.7 Å². The number of methoxy groups -OCH3 is 1. The number of nitrogens with one attached hydrogen (secondary N) is 1. The van der Waals surface area contributed by atoms with E-state index in [1.54, 1.807) is 39.6 Å². The number of phosphoric ester groups is 1. The molecule has 0 fully saturated rings. The summed E-state index contributed by atoms with van der Waals surface area (Å²) in [6.07, 6.45) is 1.59. The van der Waals surface area contributed by atoms with Crippen LogP contribution >= 0.6 is 31.2 Å². The first-order chi connectivity index (χ1) is 21.8. The minimum Gasteiger partial charge on any atom is -0.467 e. The normalized spacial score (nSPS) is 13.2. The Kier molecular flexibility index (Phi) is 14.5. The van der Waals surface area contributed by atoms with Crippen LogP contribution < -0.4 is 10.1 Å². The van der Waals surface area contributed by atoms with Crippen molar-refractivity contribution in [1.82, 2.24) is 5.32 Å². The molecule has 12 heteroatoms. The standard InChI is InChI=1S/C34H45ClNO8PS/c1-8-19-34(23-43-45(38,40-6)41-7,36-32(37)44-33(2,3)4)20-18-26-14-15-28(22-30(26)35)46-27-16-17-31(42-24-39-5)29(21-27)25-12-10-9-11-13-25/h9-17,21-22H,8,18-20,23-24H2,1-7H3,(H,36,37)/t34-/m0/s1. The molecule has 3 aromatic rings. The lowest BCUT2D eigenvalue weighted by atomic mass is 9.87. The molecule has 0 radical (unpaired) electrons. The number of hydrogen-bond donors (Lipinski definition) is 1. The monoisotopic (exact) mass is 693 g/mol. The molecule has 46 heavy (non-hydrogen) atoms. The van der Waals surface area contributed by atoms with Gasteiger partial charge < -0.3 is 19.5 Å². The van der Waals surface area contributed by atoms with Crippen molar-refractivity contribution in [3.8, 4) is 16.9 Å². The molecule has 1 atom stereocenters. The van der Waals surface area contributed by atoms with Crippen molar-refractivity contribution < 1.29 is 37.1 Å². The van der Waals surface area contributed by atoms with Crippen LogP contribution in [0.4, 0.5) is 4.79 Å². The summed E-state index contributed by atoms with van der Waals surface area (Å²) >= 11 is 8.41. The molecule has 0 saturated heterocycles. The summed E-state index contributed by atoms with van der Waals surface area (Å²) in [5.74, 6) is 0.734. The van der Waals surface area contributed by atoms with Gasteiger partial charge in [-0.25, -0.2) is 9.36 Å². The van der Waals surface area contributed by atoms with Crippen molar-refractivity contribution in [2.45, 2.75) is 74.3 Å². The van der Waals surface area contributed by atoms with E-state index in [0.717, 1.165) is 32.2 Å². The highest BCUT2D eigenvalue weighted by atomic mass is 35.5. The summed E-state index contributed by atoms with van der Waals surface area (Å²) in [6.45, 7) is 7.41. The summed E-state index contributed by atoms with van der Waals surface area (Å²) in [6, 6.07) is 22.0. The predicted molar refractivity (Wildman–Crippen MR) is 183 cm³/mol. The quantitative estimate of drug-likeness (QED) is 0.109. The number of rotatable bonds is 17. The van der Waals surface area contributed by atoms with E-state index in [9.17, 15) is 9.36 Å². The molecule has 0 aliphatic rings. The Morgan fingerprint density at radius 1 is 0.935 bits per heavy atom. The average Bonchev–Trinajstić information content (AvgIpc) is 3.02. The van der Waals surface area contributed by atoms with Crippen molar-refractivity contribution >= 4 is 37.3 Å². The van der Waals surface area contributed by atoms with Crippen molar-refractivity contribution in [3.05, 3.63) is 77.3 Å². The molecule has 0 unspecified atom stereocenters. The van der Waals surface area contributed by atoms with E-state index in [-0.39, 0.29) is 13.4 Å². The number of halogens is 1. The zero-order chi connectivity index (χ0) is 33.8. The number of carbonyl (C=O) groups excluding carboxylic acids is 1. The first kappa shape index (κ1) is 37.9. The number of phosphoric acid groups is 1. The van der Waals surface area contributed by atoms with E-state index in [0.29, 0.717) is 30.7 Å². The van der Waals surface area contributed by atoms with E-state index >= 15 is 0 Å². The molecule has 1 amide bonds. The highest BCUT2D eigenvalue weighted by Crippen LogP contribution is 2.48. The van der Waals surface area contributed by atoms with Gasteiger partial charge >= 0.3 is 13.9 Å². The molecule has 0 spiro atoms. The van der Waals surface area contributed by atoms with Gasteiger partial charge in [-0.05, 0) is 81.5 Å². The number of ether oxygens (including phenoxy) is 3. The first-order valence-corrected chi connectivity index (χ1v) is 17.6. The van der Waals surface area contributed by atoms with Gasteiger partial charge in [-0.3, -0.25) is 13.6 Å². The third kappa shape index (κ3) is 11.6. The van der Waals surface area contributed by atoms with Crippen molar-refractivity contribution in [2.24, 2.45) is 0 Å². The molecular formula is C34H45ClNO8PS. The predicted octanol–water partition coefficient (Wildman–Crippen LogP) is 9.55. The Morgan fingerprint density at radius 2 is 1.61 bits per heavy atom. The Bertz CT molecular complexity index is 1460. The van der Waals surface area contributed by atoms with Crippen LogP contribution in [-0.4, -0.2) is 52.0 Å². The summed E-state index contributed by atoms with van der Waals surface area (Å²) in [5.41, 5.74) is 1.27. The van der Waals surface area contributed by atoms with Crippen LogP contribution in [0.25, 0.3) is 11.1 Å². The Labute approximate surface area is 282 Å². The first-order valence-electron chi connectivity index (χ1n) is 15.0. The van der Waals surface area contributed by atoms with Crippen LogP contribution in [0.1, 0.15) is 52.5 Å². The molecule has 9 nitrogen and oxygen atoms in total. The van der Waals surface area contributed by atoms with Gasteiger partial charge in [-0.15, -0.1) is 0 Å². The van der Waals surface area contributed by atoms with Crippen LogP contribution in [0.5, 0.6) is 5.75 Å². The van der Waals surface area contributed by atoms with E-state index in [1.165, 1.54) is 14.2 Å². The fourth-order valence-corrected chi connectivity index (χ4v) is 6.78. The number of aryl methyl sites for hydroxylation is 1. The molecular weight excluding hydrogens is 649 g/mol. The fourth-order valence-electron chi connectivity index (χ4n) is 4.78. The number of benzene rings is 3. The number of carbonyl (C=O) groups is 1. The lowest BCUT2D eigenvalue weighted by Gasteiger charge is -2.36. The zero-order valence-corrected chi connectivity index (χ0v) is 30.1. The molecule has 0 saturated carbocycles.